The van der Waals surface area contributed by atoms with Gasteiger partial charge in [-0.3, -0.25) is 15.0 Å². The second-order valence-corrected chi connectivity index (χ2v) is 20.0. The number of aromatic nitrogens is 3. The molecule has 72 heavy (non-hydrogen) atoms. The molecule has 4 unspecified atom stereocenters. The lowest BCUT2D eigenvalue weighted by atomic mass is 9.69. The van der Waals surface area contributed by atoms with Crippen LogP contribution in [0.25, 0.3) is 78.3 Å². The summed E-state index contributed by atoms with van der Waals surface area (Å²) in [4.78, 5) is 15.4. The minimum atomic E-state index is 0.369. The van der Waals surface area contributed by atoms with E-state index in [1.54, 1.807) is 0 Å². The normalized spacial score (nSPS) is 17.8. The second kappa shape index (κ2) is 20.8. The number of rotatable bonds is 11. The topological polar surface area (TPSA) is 38.7 Å². The third kappa shape index (κ3) is 9.48. The van der Waals surface area contributed by atoms with Crippen molar-refractivity contribution < 1.29 is 0 Å². The van der Waals surface area contributed by atoms with Crippen molar-refractivity contribution >= 4 is 0 Å². The molecule has 0 aliphatic heterocycles. The quantitative estimate of drug-likeness (QED) is 0.130. The standard InChI is InChI=1S/C69H59N3/c1-5-19-48(20-6-1)49-33-35-50(36-34-49)65-44-69(53-25-11-4-12-26-53)72-47-66(65)64-32-18-17-31-63(64)58-42-56(61-29-15-13-27-59(61)54-37-39-67(70-45-54)51-21-7-2-8-22-51)41-57(43-58)62-30-16-14-28-60(62)55-38-40-68(71-46-55)52-23-9-3-10-24-52/h1-12,17-26,31-47,59-62H,13-16,27-30H2. The molecule has 12 rings (SSSR count). The van der Waals surface area contributed by atoms with Crippen LogP contribution in [0.1, 0.15) is 97.3 Å². The van der Waals surface area contributed by atoms with Gasteiger partial charge in [0.05, 0.1) is 17.1 Å². The Morgan fingerprint density at radius 2 is 0.625 bits per heavy atom. The molecule has 2 saturated carbocycles. The lowest BCUT2D eigenvalue weighted by Crippen LogP contribution is -2.19. The molecule has 0 bridgehead atoms. The maximum Gasteiger partial charge on any atom is 0.0708 e. The van der Waals surface area contributed by atoms with Crippen LogP contribution in [0.3, 0.4) is 0 Å². The van der Waals surface area contributed by atoms with Crippen LogP contribution in [0.2, 0.25) is 0 Å². The van der Waals surface area contributed by atoms with E-state index in [0.29, 0.717) is 23.7 Å². The smallest absolute Gasteiger partial charge is 0.0708 e. The fraction of sp³-hybridized carbons (Fsp3) is 0.174. The van der Waals surface area contributed by atoms with Gasteiger partial charge >= 0.3 is 0 Å². The average Bonchev–Trinajstić information content (AvgIpc) is 3.48. The molecule has 2 aliphatic carbocycles. The molecule has 7 aromatic carbocycles. The first-order chi connectivity index (χ1) is 35.7. The Balaban J connectivity index is 0.989. The Morgan fingerprint density at radius 3 is 1.10 bits per heavy atom. The lowest BCUT2D eigenvalue weighted by molar-refractivity contribution is 0.378. The fourth-order valence-electron chi connectivity index (χ4n) is 12.0. The third-order valence-electron chi connectivity index (χ3n) is 15.7. The number of hydrogen-bond donors (Lipinski definition) is 0. The summed E-state index contributed by atoms with van der Waals surface area (Å²) in [5.41, 5.74) is 21.6. The molecule has 2 aliphatic rings. The molecule has 0 amide bonds. The fourth-order valence-corrected chi connectivity index (χ4v) is 12.0. The number of benzene rings is 7. The van der Waals surface area contributed by atoms with Gasteiger partial charge in [0, 0.05) is 40.8 Å². The molecule has 2 fully saturated rings. The minimum Gasteiger partial charge on any atom is -0.256 e. The monoisotopic (exact) mass is 929 g/mol. The molecule has 0 N–H and O–H groups in total. The molecule has 0 spiro atoms. The van der Waals surface area contributed by atoms with E-state index < -0.39 is 0 Å². The van der Waals surface area contributed by atoms with Crippen molar-refractivity contribution in [3.8, 4) is 78.3 Å². The molecule has 3 heterocycles. The highest BCUT2D eigenvalue weighted by molar-refractivity contribution is 5.93. The summed E-state index contributed by atoms with van der Waals surface area (Å²) >= 11 is 0. The van der Waals surface area contributed by atoms with Crippen LogP contribution in [-0.2, 0) is 0 Å². The van der Waals surface area contributed by atoms with E-state index in [4.69, 9.17) is 15.0 Å². The second-order valence-electron chi connectivity index (χ2n) is 20.0. The predicted octanol–water partition coefficient (Wildman–Crippen LogP) is 18.4. The van der Waals surface area contributed by atoms with Crippen LogP contribution in [0.15, 0.2) is 237 Å². The summed E-state index contributed by atoms with van der Waals surface area (Å²) in [6.07, 6.45) is 16.0. The van der Waals surface area contributed by atoms with Crippen LogP contribution in [0.4, 0.5) is 0 Å². The summed E-state index contributed by atoms with van der Waals surface area (Å²) in [6, 6.07) is 79.8. The Kier molecular flexibility index (Phi) is 13.0. The maximum atomic E-state index is 5.22. The van der Waals surface area contributed by atoms with Gasteiger partial charge in [-0.1, -0.05) is 226 Å². The highest BCUT2D eigenvalue weighted by atomic mass is 14.7. The summed E-state index contributed by atoms with van der Waals surface area (Å²) in [5.74, 6) is 1.50. The average molecular weight is 930 g/mol. The summed E-state index contributed by atoms with van der Waals surface area (Å²) in [7, 11) is 0. The van der Waals surface area contributed by atoms with Crippen molar-refractivity contribution in [1.82, 2.24) is 15.0 Å². The van der Waals surface area contributed by atoms with Gasteiger partial charge in [-0.05, 0) is 129 Å². The van der Waals surface area contributed by atoms with E-state index in [9.17, 15) is 0 Å². The van der Waals surface area contributed by atoms with Gasteiger partial charge in [-0.2, -0.15) is 0 Å². The van der Waals surface area contributed by atoms with Crippen LogP contribution in [-0.4, -0.2) is 15.0 Å². The molecular weight excluding hydrogens is 871 g/mol. The largest absolute Gasteiger partial charge is 0.256 e. The van der Waals surface area contributed by atoms with Gasteiger partial charge in [-0.15, -0.1) is 0 Å². The molecule has 4 atom stereocenters. The van der Waals surface area contributed by atoms with Crippen molar-refractivity contribution in [2.75, 3.05) is 0 Å². The third-order valence-corrected chi connectivity index (χ3v) is 15.7. The first-order valence-electron chi connectivity index (χ1n) is 26.2. The predicted molar refractivity (Wildman–Crippen MR) is 299 cm³/mol. The molecule has 10 aromatic rings. The zero-order valence-corrected chi connectivity index (χ0v) is 40.8. The Bertz CT molecular complexity index is 3270. The molecule has 350 valence electrons. The van der Waals surface area contributed by atoms with Gasteiger partial charge in [0.2, 0.25) is 0 Å². The van der Waals surface area contributed by atoms with Gasteiger partial charge < -0.3 is 0 Å². The highest BCUT2D eigenvalue weighted by Crippen LogP contribution is 2.50. The Morgan fingerprint density at radius 1 is 0.236 bits per heavy atom. The van der Waals surface area contributed by atoms with E-state index in [1.807, 2.05) is 0 Å². The van der Waals surface area contributed by atoms with E-state index in [-0.39, 0.29) is 0 Å². The summed E-state index contributed by atoms with van der Waals surface area (Å²) in [5, 5.41) is 0. The Hall–Kier alpha value is -8.01. The van der Waals surface area contributed by atoms with E-state index >= 15 is 0 Å². The maximum absolute atomic E-state index is 5.22. The first-order valence-corrected chi connectivity index (χ1v) is 26.2. The summed E-state index contributed by atoms with van der Waals surface area (Å²) < 4.78 is 0. The van der Waals surface area contributed by atoms with E-state index in [1.165, 1.54) is 86.9 Å². The Labute approximate surface area is 425 Å². The van der Waals surface area contributed by atoms with Crippen molar-refractivity contribution in [3.63, 3.8) is 0 Å². The molecule has 3 nitrogen and oxygen atoms in total. The van der Waals surface area contributed by atoms with Crippen LogP contribution < -0.4 is 0 Å². The first kappa shape index (κ1) is 45.1. The van der Waals surface area contributed by atoms with E-state index in [0.717, 1.165) is 65.0 Å². The summed E-state index contributed by atoms with van der Waals surface area (Å²) in [6.45, 7) is 0. The van der Waals surface area contributed by atoms with Crippen LogP contribution >= 0.6 is 0 Å². The van der Waals surface area contributed by atoms with Gasteiger partial charge in [0.1, 0.15) is 0 Å². The van der Waals surface area contributed by atoms with Crippen molar-refractivity contribution in [2.45, 2.75) is 75.0 Å². The minimum absolute atomic E-state index is 0.369. The zero-order chi connectivity index (χ0) is 48.1. The molecule has 3 aromatic heterocycles. The van der Waals surface area contributed by atoms with Crippen LogP contribution in [0.5, 0.6) is 0 Å². The lowest BCUT2D eigenvalue weighted by Gasteiger charge is -2.35. The zero-order valence-electron chi connectivity index (χ0n) is 40.8. The van der Waals surface area contributed by atoms with Crippen LogP contribution in [0, 0.1) is 0 Å². The van der Waals surface area contributed by atoms with Crippen molar-refractivity contribution in [1.29, 1.82) is 0 Å². The SMILES string of the molecule is c1ccc(-c2ccc(-c3cc(-c4ccccc4)ncc3-c3ccccc3-c3cc(C4CCCCC4c4ccc(-c5ccccc5)nc4)cc(C4CCCCC4c4ccc(-c5ccccc5)nc4)c3)cc2)cc1. The van der Waals surface area contributed by atoms with Gasteiger partial charge in [0.15, 0.2) is 0 Å². The molecule has 3 heteroatoms. The molecule has 0 saturated heterocycles. The number of pyridine rings is 3. The van der Waals surface area contributed by atoms with Crippen molar-refractivity contribution in [2.24, 2.45) is 0 Å². The number of nitrogens with zero attached hydrogens (tertiary/aromatic N) is 3. The molecule has 0 radical (unpaired) electrons. The number of hydrogen-bond acceptors (Lipinski definition) is 3. The van der Waals surface area contributed by atoms with Gasteiger partial charge in [-0.25, -0.2) is 0 Å². The molecular formula is C69H59N3. The van der Waals surface area contributed by atoms with Gasteiger partial charge in [0.25, 0.3) is 0 Å². The highest BCUT2D eigenvalue weighted by Gasteiger charge is 2.33. The van der Waals surface area contributed by atoms with E-state index in [2.05, 4.69) is 237 Å². The van der Waals surface area contributed by atoms with Crippen molar-refractivity contribution in [3.05, 3.63) is 259 Å².